The van der Waals surface area contributed by atoms with Gasteiger partial charge in [-0.3, -0.25) is 4.79 Å². The first-order chi connectivity index (χ1) is 11.6. The molecule has 8 heteroatoms. The molecule has 0 aliphatic heterocycles. The summed E-state index contributed by atoms with van der Waals surface area (Å²) in [6, 6.07) is 9.01. The van der Waals surface area contributed by atoms with Crippen LogP contribution in [-0.2, 0) is 11.2 Å². The zero-order chi connectivity index (χ0) is 17.5. The second-order valence-corrected chi connectivity index (χ2v) is 4.49. The molecule has 2 rings (SSSR count). The normalized spacial score (nSPS) is 9.75. The lowest BCUT2D eigenvalue weighted by Crippen LogP contribution is -2.08. The zero-order valence-electron chi connectivity index (χ0n) is 13.4. The fourth-order valence-corrected chi connectivity index (χ4v) is 1.88. The first-order valence-electron chi connectivity index (χ1n) is 6.90. The summed E-state index contributed by atoms with van der Waals surface area (Å²) in [6.45, 7) is 1.24. The second-order valence-electron chi connectivity index (χ2n) is 4.49. The van der Waals surface area contributed by atoms with Crippen LogP contribution in [-0.4, -0.2) is 30.2 Å². The molecule has 0 bridgehead atoms. The van der Waals surface area contributed by atoms with E-state index in [0.717, 1.165) is 0 Å². The highest BCUT2D eigenvalue weighted by Crippen LogP contribution is 2.37. The number of para-hydroxylation sites is 1. The van der Waals surface area contributed by atoms with E-state index in [1.165, 1.54) is 21.1 Å². The molecule has 0 saturated carbocycles. The number of aromatic nitrogens is 2. The van der Waals surface area contributed by atoms with Crippen molar-refractivity contribution >= 4 is 5.97 Å². The number of methoxy groups -OCH3 is 2. The largest absolute Gasteiger partial charge is 0.478 e. The minimum atomic E-state index is -0.566. The fourth-order valence-electron chi connectivity index (χ4n) is 1.88. The van der Waals surface area contributed by atoms with Crippen molar-refractivity contribution in [3.05, 3.63) is 29.8 Å². The number of hydrogen-bond acceptors (Lipinski definition) is 8. The molecule has 0 atom stereocenters. The van der Waals surface area contributed by atoms with Crippen LogP contribution in [0.5, 0.6) is 29.3 Å². The van der Waals surface area contributed by atoms with E-state index < -0.39 is 5.97 Å². The smallest absolute Gasteiger partial charge is 0.328 e. The summed E-state index contributed by atoms with van der Waals surface area (Å²) in [5.74, 6) is -0.189. The van der Waals surface area contributed by atoms with E-state index in [-0.39, 0.29) is 29.9 Å². The van der Waals surface area contributed by atoms with Gasteiger partial charge in [0.15, 0.2) is 0 Å². The van der Waals surface area contributed by atoms with Gasteiger partial charge in [-0.25, -0.2) is 0 Å². The Morgan fingerprint density at radius 2 is 1.79 bits per heavy atom. The highest BCUT2D eigenvalue weighted by molar-refractivity contribution is 5.71. The maximum absolute atomic E-state index is 11.2. The van der Waals surface area contributed by atoms with Crippen LogP contribution in [0.2, 0.25) is 0 Å². The minimum Gasteiger partial charge on any atom is -0.478 e. The monoisotopic (exact) mass is 329 g/mol. The first-order valence-corrected chi connectivity index (χ1v) is 6.90. The van der Waals surface area contributed by atoms with Crippen molar-refractivity contribution in [3.8, 4) is 35.3 Å². The molecule has 0 radical (unpaired) electrons. The molecule has 1 heterocycles. The number of nitrogens with zero attached hydrogens (tertiary/aromatic N) is 3. The Morgan fingerprint density at radius 1 is 1.17 bits per heavy atom. The van der Waals surface area contributed by atoms with Gasteiger partial charge in [0, 0.05) is 12.5 Å². The quantitative estimate of drug-likeness (QED) is 0.743. The van der Waals surface area contributed by atoms with Crippen molar-refractivity contribution in [2.75, 3.05) is 14.2 Å². The minimum absolute atomic E-state index is 0.00943. The van der Waals surface area contributed by atoms with Gasteiger partial charge < -0.3 is 18.9 Å². The number of benzene rings is 1. The van der Waals surface area contributed by atoms with Crippen LogP contribution in [0.4, 0.5) is 0 Å². The van der Waals surface area contributed by atoms with Crippen molar-refractivity contribution < 1.29 is 23.7 Å². The van der Waals surface area contributed by atoms with Crippen molar-refractivity contribution in [1.82, 2.24) is 9.97 Å². The lowest BCUT2D eigenvalue weighted by molar-refractivity contribution is -0.132. The van der Waals surface area contributed by atoms with Gasteiger partial charge in [0.25, 0.3) is 17.5 Å². The summed E-state index contributed by atoms with van der Waals surface area (Å²) in [6.07, 6.45) is 0.177. The molecule has 0 spiro atoms. The van der Waals surface area contributed by atoms with Crippen LogP contribution >= 0.6 is 0 Å². The van der Waals surface area contributed by atoms with Crippen LogP contribution in [0.1, 0.15) is 12.5 Å². The maximum Gasteiger partial charge on any atom is 0.328 e. The highest BCUT2D eigenvalue weighted by atomic mass is 16.6. The molecule has 0 aliphatic rings. The van der Waals surface area contributed by atoms with E-state index in [1.54, 1.807) is 24.3 Å². The van der Waals surface area contributed by atoms with Crippen molar-refractivity contribution in [1.29, 1.82) is 5.26 Å². The Hall–Kier alpha value is -3.34. The number of carbonyl (C=O) groups is 1. The number of ether oxygens (including phenoxy) is 4. The van der Waals surface area contributed by atoms with E-state index in [9.17, 15) is 4.79 Å². The van der Waals surface area contributed by atoms with Crippen LogP contribution in [0, 0.1) is 11.3 Å². The molecule has 24 heavy (non-hydrogen) atoms. The predicted octanol–water partition coefficient (Wildman–Crippen LogP) is 2.28. The molecule has 1 aromatic heterocycles. The molecule has 0 aliphatic carbocycles. The molecule has 0 amide bonds. The Morgan fingerprint density at radius 3 is 2.33 bits per heavy atom. The summed E-state index contributed by atoms with van der Waals surface area (Å²) in [5.41, 5.74) is 0.686. The highest BCUT2D eigenvalue weighted by Gasteiger charge is 2.21. The number of rotatable bonds is 6. The zero-order valence-corrected chi connectivity index (χ0v) is 13.4. The van der Waals surface area contributed by atoms with Crippen molar-refractivity contribution in [2.45, 2.75) is 13.3 Å². The third-order valence-corrected chi connectivity index (χ3v) is 2.86. The SMILES string of the molecule is COc1nc(Oc2ccccc2CC#N)nc(OC)c1OC(C)=O. The molecule has 1 aromatic carbocycles. The van der Waals surface area contributed by atoms with Gasteiger partial charge in [0.05, 0.1) is 26.7 Å². The first kappa shape index (κ1) is 17.0. The summed E-state index contributed by atoms with van der Waals surface area (Å²) in [4.78, 5) is 19.3. The number of carbonyl (C=O) groups excluding carboxylic acids is 1. The maximum atomic E-state index is 11.2. The Bertz CT molecular complexity index is 761. The molecule has 0 unspecified atom stereocenters. The van der Waals surface area contributed by atoms with Crippen molar-refractivity contribution in [3.63, 3.8) is 0 Å². The van der Waals surface area contributed by atoms with Crippen LogP contribution in [0.25, 0.3) is 0 Å². The Kier molecular flexibility index (Phi) is 5.52. The van der Waals surface area contributed by atoms with E-state index in [1.807, 2.05) is 0 Å². The van der Waals surface area contributed by atoms with E-state index in [4.69, 9.17) is 24.2 Å². The fraction of sp³-hybridized carbons (Fsp3) is 0.250. The average molecular weight is 329 g/mol. The van der Waals surface area contributed by atoms with Gasteiger partial charge in [0.1, 0.15) is 5.75 Å². The van der Waals surface area contributed by atoms with Gasteiger partial charge in [-0.15, -0.1) is 0 Å². The molecule has 0 saturated heterocycles. The summed E-state index contributed by atoms with van der Waals surface area (Å²) in [7, 11) is 2.73. The molecule has 124 valence electrons. The summed E-state index contributed by atoms with van der Waals surface area (Å²) in [5, 5.41) is 8.87. The molecule has 8 nitrogen and oxygen atoms in total. The third-order valence-electron chi connectivity index (χ3n) is 2.86. The Labute approximate surface area is 138 Å². The van der Waals surface area contributed by atoms with E-state index >= 15 is 0 Å². The topological polar surface area (TPSA) is 104 Å². The van der Waals surface area contributed by atoms with Gasteiger partial charge in [-0.1, -0.05) is 18.2 Å². The van der Waals surface area contributed by atoms with Crippen molar-refractivity contribution in [2.24, 2.45) is 0 Å². The molecule has 0 fully saturated rings. The lowest BCUT2D eigenvalue weighted by Gasteiger charge is -2.13. The average Bonchev–Trinajstić information content (AvgIpc) is 2.57. The number of nitriles is 1. The molecular formula is C16H15N3O5. The lowest BCUT2D eigenvalue weighted by atomic mass is 10.1. The van der Waals surface area contributed by atoms with Crippen LogP contribution < -0.4 is 18.9 Å². The number of hydrogen-bond donors (Lipinski definition) is 0. The summed E-state index contributed by atoms with van der Waals surface area (Å²) < 4.78 is 20.9. The van der Waals surface area contributed by atoms with E-state index in [0.29, 0.717) is 11.3 Å². The molecule has 2 aromatic rings. The molecule has 0 N–H and O–H groups in total. The van der Waals surface area contributed by atoms with E-state index in [2.05, 4.69) is 16.0 Å². The molecular weight excluding hydrogens is 314 g/mol. The third kappa shape index (κ3) is 3.89. The van der Waals surface area contributed by atoms with Gasteiger partial charge in [-0.2, -0.15) is 15.2 Å². The van der Waals surface area contributed by atoms with Gasteiger partial charge in [0.2, 0.25) is 0 Å². The van der Waals surface area contributed by atoms with Crippen LogP contribution in [0.15, 0.2) is 24.3 Å². The Balaban J connectivity index is 2.42. The van der Waals surface area contributed by atoms with Gasteiger partial charge >= 0.3 is 12.0 Å². The number of esters is 1. The predicted molar refractivity (Wildman–Crippen MR) is 82.3 cm³/mol. The second kappa shape index (κ2) is 7.78. The summed E-state index contributed by atoms with van der Waals surface area (Å²) >= 11 is 0. The van der Waals surface area contributed by atoms with Gasteiger partial charge in [-0.05, 0) is 6.07 Å². The standard InChI is InChI=1S/C16H15N3O5/c1-10(20)23-13-14(21-2)18-16(19-15(13)22-3)24-12-7-5-4-6-11(12)8-9-17/h4-7H,8H2,1-3H3. The van der Waals surface area contributed by atoms with Crippen LogP contribution in [0.3, 0.4) is 0 Å².